The van der Waals surface area contributed by atoms with Crippen LogP contribution >= 0.6 is 15.9 Å². The molecule has 46 heavy (non-hydrogen) atoms. The van der Waals surface area contributed by atoms with Crippen LogP contribution in [0.4, 0.5) is 9.59 Å². The summed E-state index contributed by atoms with van der Waals surface area (Å²) in [5, 5.41) is 3.07. The first-order valence-electron chi connectivity index (χ1n) is 15.4. The minimum atomic E-state index is -0.792. The Morgan fingerprint density at radius 1 is 0.870 bits per heavy atom. The number of hydrogen-bond acceptors (Lipinski definition) is 9. The zero-order valence-electron chi connectivity index (χ0n) is 28.0. The number of halogens is 1. The van der Waals surface area contributed by atoms with Crippen LogP contribution < -0.4 is 10.1 Å². The van der Waals surface area contributed by atoms with E-state index in [0.29, 0.717) is 35.9 Å². The highest BCUT2D eigenvalue weighted by molar-refractivity contribution is 9.10. The Morgan fingerprint density at radius 2 is 1.46 bits per heavy atom. The lowest BCUT2D eigenvalue weighted by Gasteiger charge is -2.28. The van der Waals surface area contributed by atoms with Gasteiger partial charge >= 0.3 is 12.2 Å². The molecule has 0 fully saturated rings. The molecule has 2 rings (SSSR count). The highest BCUT2D eigenvalue weighted by atomic mass is 79.9. The van der Waals surface area contributed by atoms with Gasteiger partial charge < -0.3 is 29.0 Å². The summed E-state index contributed by atoms with van der Waals surface area (Å²) in [5.41, 5.74) is 0.156. The number of aromatic nitrogens is 1. The quantitative estimate of drug-likeness (QED) is 0.111. The molecule has 1 unspecified atom stereocenters. The molecule has 0 aliphatic heterocycles. The number of carbonyl (C=O) groups excluding carboxylic acids is 3. The highest BCUT2D eigenvalue weighted by Crippen LogP contribution is 2.22. The normalized spacial score (nSPS) is 12.4. The van der Waals surface area contributed by atoms with Crippen LogP contribution in [-0.2, 0) is 23.7 Å². The molecule has 1 N–H and O–H groups in total. The second kappa shape index (κ2) is 19.2. The SMILES string of the molecule is CCCC(NC(=O)/C=C/c1cccc(Br)n1)c1ccc(OCCOCCOCCN(C(=O)OC(C)(C)C)C(=O)OC(C)(C)C)cc1. The van der Waals surface area contributed by atoms with Gasteiger partial charge in [-0.05, 0) is 99.8 Å². The van der Waals surface area contributed by atoms with Gasteiger partial charge in [0, 0.05) is 6.08 Å². The maximum absolute atomic E-state index is 12.6. The summed E-state index contributed by atoms with van der Waals surface area (Å²) in [5.74, 6) is 0.500. The Labute approximate surface area is 281 Å². The first-order valence-corrected chi connectivity index (χ1v) is 16.2. The zero-order valence-corrected chi connectivity index (χ0v) is 29.6. The summed E-state index contributed by atoms with van der Waals surface area (Å²) >= 11 is 3.33. The minimum absolute atomic E-state index is 0.0221. The molecular weight excluding hydrogens is 658 g/mol. The second-order valence-electron chi connectivity index (χ2n) is 12.3. The first-order chi connectivity index (χ1) is 21.7. The summed E-state index contributed by atoms with van der Waals surface area (Å²) in [6.45, 7) is 13.8. The van der Waals surface area contributed by atoms with Crippen LogP contribution in [0.25, 0.3) is 6.08 Å². The predicted octanol–water partition coefficient (Wildman–Crippen LogP) is 7.10. The monoisotopic (exact) mass is 705 g/mol. The van der Waals surface area contributed by atoms with Gasteiger partial charge in [0.25, 0.3) is 0 Å². The maximum Gasteiger partial charge on any atom is 0.419 e. The van der Waals surface area contributed by atoms with E-state index in [1.807, 2.05) is 42.5 Å². The number of imide groups is 1. The van der Waals surface area contributed by atoms with Crippen molar-refractivity contribution in [3.63, 3.8) is 0 Å². The average Bonchev–Trinajstić information content (AvgIpc) is 2.95. The number of hydrogen-bond donors (Lipinski definition) is 1. The molecule has 1 atom stereocenters. The molecule has 2 aromatic rings. The van der Waals surface area contributed by atoms with E-state index in [9.17, 15) is 14.4 Å². The van der Waals surface area contributed by atoms with Crippen molar-refractivity contribution >= 4 is 40.1 Å². The number of benzene rings is 1. The summed E-state index contributed by atoms with van der Waals surface area (Å²) in [6.07, 6.45) is 3.29. The molecule has 0 saturated heterocycles. The number of rotatable bonds is 16. The zero-order chi connectivity index (χ0) is 34.2. The van der Waals surface area contributed by atoms with Gasteiger partial charge in [-0.1, -0.05) is 31.5 Å². The van der Waals surface area contributed by atoms with Crippen molar-refractivity contribution < 1.29 is 38.1 Å². The lowest BCUT2D eigenvalue weighted by molar-refractivity contribution is -0.117. The summed E-state index contributed by atoms with van der Waals surface area (Å²) in [7, 11) is 0. The number of pyridine rings is 1. The molecule has 12 heteroatoms. The standard InChI is InChI=1S/C34H48BrN3O8/c1-8-10-28(37-30(39)18-15-26-11-9-12-29(35)36-26)25-13-16-27(17-14-25)44-24-23-43-22-21-42-20-19-38(31(40)45-33(2,3)4)32(41)46-34(5,6)7/h9,11-18,28H,8,10,19-24H2,1-7H3,(H,37,39)/b18-15+. The fraction of sp³-hybridized carbons (Fsp3) is 0.529. The third-order valence-corrected chi connectivity index (χ3v) is 6.32. The summed E-state index contributed by atoms with van der Waals surface area (Å²) < 4.78 is 28.3. The van der Waals surface area contributed by atoms with Gasteiger partial charge in [-0.15, -0.1) is 0 Å². The van der Waals surface area contributed by atoms with Crippen molar-refractivity contribution in [1.82, 2.24) is 15.2 Å². The van der Waals surface area contributed by atoms with E-state index in [-0.39, 0.29) is 31.7 Å². The minimum Gasteiger partial charge on any atom is -0.491 e. The predicted molar refractivity (Wildman–Crippen MR) is 180 cm³/mol. The van der Waals surface area contributed by atoms with E-state index in [1.54, 1.807) is 47.6 Å². The van der Waals surface area contributed by atoms with E-state index in [0.717, 1.165) is 23.3 Å². The lowest BCUT2D eigenvalue weighted by atomic mass is 10.0. The van der Waals surface area contributed by atoms with Crippen molar-refractivity contribution in [2.24, 2.45) is 0 Å². The fourth-order valence-corrected chi connectivity index (χ4v) is 4.25. The van der Waals surface area contributed by atoms with E-state index in [2.05, 4.69) is 33.2 Å². The van der Waals surface area contributed by atoms with Crippen molar-refractivity contribution in [3.8, 4) is 5.75 Å². The summed E-state index contributed by atoms with van der Waals surface area (Å²) in [4.78, 5) is 42.8. The topological polar surface area (TPSA) is 126 Å². The van der Waals surface area contributed by atoms with Gasteiger partial charge in [0.2, 0.25) is 5.91 Å². The molecule has 0 radical (unpaired) electrons. The van der Waals surface area contributed by atoms with Gasteiger partial charge in [-0.2, -0.15) is 0 Å². The van der Waals surface area contributed by atoms with Crippen molar-refractivity contribution in [2.75, 3.05) is 39.6 Å². The number of ether oxygens (including phenoxy) is 5. The Balaban J connectivity index is 1.71. The molecule has 1 aromatic heterocycles. The lowest BCUT2D eigenvalue weighted by Crippen LogP contribution is -2.45. The van der Waals surface area contributed by atoms with Crippen molar-refractivity contribution in [2.45, 2.75) is 78.6 Å². The highest BCUT2D eigenvalue weighted by Gasteiger charge is 2.30. The van der Waals surface area contributed by atoms with Crippen LogP contribution in [0.15, 0.2) is 53.1 Å². The fourth-order valence-electron chi connectivity index (χ4n) is 3.89. The molecule has 0 spiro atoms. The third kappa shape index (κ3) is 16.2. The molecule has 0 bridgehead atoms. The van der Waals surface area contributed by atoms with Gasteiger partial charge in [-0.25, -0.2) is 19.5 Å². The molecule has 0 aliphatic carbocycles. The number of carbonyl (C=O) groups is 3. The largest absolute Gasteiger partial charge is 0.491 e. The molecule has 0 aliphatic rings. The molecule has 3 amide bonds. The Kier molecular flexibility index (Phi) is 16.2. The van der Waals surface area contributed by atoms with Crippen LogP contribution in [0.5, 0.6) is 5.75 Å². The Bertz CT molecular complexity index is 1240. The van der Waals surface area contributed by atoms with E-state index < -0.39 is 23.4 Å². The van der Waals surface area contributed by atoms with Crippen LogP contribution in [0, 0.1) is 0 Å². The smallest absolute Gasteiger partial charge is 0.419 e. The van der Waals surface area contributed by atoms with Crippen molar-refractivity contribution in [3.05, 3.63) is 64.4 Å². The molecule has 1 aromatic carbocycles. The molecule has 1 heterocycles. The van der Waals surface area contributed by atoms with E-state index >= 15 is 0 Å². The van der Waals surface area contributed by atoms with Gasteiger partial charge in [0.1, 0.15) is 28.2 Å². The van der Waals surface area contributed by atoms with Crippen LogP contribution in [0.1, 0.15) is 78.6 Å². The maximum atomic E-state index is 12.6. The van der Waals surface area contributed by atoms with Crippen LogP contribution in [-0.4, -0.2) is 78.8 Å². The number of nitrogens with zero attached hydrogens (tertiary/aromatic N) is 2. The molecule has 11 nitrogen and oxygen atoms in total. The third-order valence-electron chi connectivity index (χ3n) is 5.87. The Morgan fingerprint density at radius 3 is 2.02 bits per heavy atom. The molecule has 0 saturated carbocycles. The first kappa shape index (κ1) is 38.7. The van der Waals surface area contributed by atoms with Gasteiger partial charge in [0.15, 0.2) is 0 Å². The van der Waals surface area contributed by atoms with E-state index in [1.165, 1.54) is 6.08 Å². The summed E-state index contributed by atoms with van der Waals surface area (Å²) in [6, 6.07) is 13.0. The van der Waals surface area contributed by atoms with Gasteiger partial charge in [0.05, 0.1) is 44.7 Å². The second-order valence-corrected chi connectivity index (χ2v) is 13.1. The Hall–Kier alpha value is -3.48. The molecular formula is C34H48BrN3O8. The number of nitrogens with one attached hydrogen (secondary N) is 1. The van der Waals surface area contributed by atoms with Gasteiger partial charge in [-0.3, -0.25) is 4.79 Å². The number of amides is 3. The van der Waals surface area contributed by atoms with Crippen LogP contribution in [0.2, 0.25) is 0 Å². The molecule has 254 valence electrons. The van der Waals surface area contributed by atoms with Crippen molar-refractivity contribution in [1.29, 1.82) is 0 Å². The van der Waals surface area contributed by atoms with Crippen LogP contribution in [0.3, 0.4) is 0 Å². The average molecular weight is 707 g/mol. The van der Waals surface area contributed by atoms with E-state index in [4.69, 9.17) is 23.7 Å².